The standard InChI is InChI=1S/C66H43N3O/c1-3-14-47(15-4-1)67-59-23-10-7-18-51(59)55-38-43(28-34-61(55)67)45-30-36-63-57(40-45)58-41-46(44-29-35-62-56(39-44)52-19-8-11-24-60(52)68(62)48-16-5-2-6-17-48)31-37-64(58)69(63)49-32-26-42(27-33-49)50-21-13-22-54-53-20-9-12-25-65(53)70-66(50)54/h1-5,7-16,18-41H,6,17H2. The van der Waals surface area contributed by atoms with Gasteiger partial charge in [-0.1, -0.05) is 140 Å². The van der Waals surface area contributed by atoms with Crippen LogP contribution in [0.5, 0.6) is 0 Å². The van der Waals surface area contributed by atoms with Gasteiger partial charge in [-0.3, -0.25) is 0 Å². The molecule has 0 unspecified atom stereocenters. The summed E-state index contributed by atoms with van der Waals surface area (Å²) in [6.07, 6.45) is 8.82. The van der Waals surface area contributed by atoms with E-state index < -0.39 is 0 Å². The Morgan fingerprint density at radius 2 is 0.786 bits per heavy atom. The molecular weight excluding hydrogens is 851 g/mol. The Morgan fingerprint density at radius 3 is 1.37 bits per heavy atom. The number of furan rings is 1. The predicted molar refractivity (Wildman–Crippen MR) is 294 cm³/mol. The first-order chi connectivity index (χ1) is 34.7. The number of allylic oxidation sites excluding steroid dienone is 4. The second-order valence-corrected chi connectivity index (χ2v) is 18.8. The number of para-hydroxylation sites is 5. The second kappa shape index (κ2) is 15.2. The lowest BCUT2D eigenvalue weighted by Gasteiger charge is -2.14. The summed E-state index contributed by atoms with van der Waals surface area (Å²) in [6, 6.07) is 80.2. The van der Waals surface area contributed by atoms with E-state index in [-0.39, 0.29) is 0 Å². The van der Waals surface area contributed by atoms with Gasteiger partial charge in [-0.15, -0.1) is 0 Å². The molecule has 0 radical (unpaired) electrons. The van der Waals surface area contributed by atoms with Gasteiger partial charge in [0.05, 0.1) is 33.1 Å². The van der Waals surface area contributed by atoms with E-state index in [0.717, 1.165) is 62.8 Å². The van der Waals surface area contributed by atoms with Gasteiger partial charge in [0.2, 0.25) is 0 Å². The lowest BCUT2D eigenvalue weighted by atomic mass is 9.98. The van der Waals surface area contributed by atoms with Crippen molar-refractivity contribution in [1.82, 2.24) is 13.7 Å². The number of benzene rings is 10. The number of hydrogen-bond acceptors (Lipinski definition) is 1. The maximum atomic E-state index is 6.48. The molecular formula is C66H43N3O. The largest absolute Gasteiger partial charge is 0.455 e. The molecule has 0 fully saturated rings. The van der Waals surface area contributed by atoms with Crippen LogP contribution in [0.1, 0.15) is 12.8 Å². The van der Waals surface area contributed by atoms with Gasteiger partial charge in [-0.05, 0) is 138 Å². The van der Waals surface area contributed by atoms with Crippen LogP contribution in [0.2, 0.25) is 0 Å². The topological polar surface area (TPSA) is 27.9 Å². The average Bonchev–Trinajstić information content (AvgIpc) is 4.17. The van der Waals surface area contributed by atoms with Gasteiger partial charge in [0.1, 0.15) is 11.2 Å². The number of hydrogen-bond donors (Lipinski definition) is 0. The van der Waals surface area contributed by atoms with Gasteiger partial charge in [-0.25, -0.2) is 0 Å². The van der Waals surface area contributed by atoms with Crippen LogP contribution in [0, 0.1) is 0 Å². The van der Waals surface area contributed by atoms with Gasteiger partial charge >= 0.3 is 0 Å². The van der Waals surface area contributed by atoms with Crippen molar-refractivity contribution >= 4 is 93.1 Å². The van der Waals surface area contributed by atoms with E-state index in [9.17, 15) is 0 Å². The minimum Gasteiger partial charge on any atom is -0.455 e. The van der Waals surface area contributed by atoms with Crippen LogP contribution in [-0.2, 0) is 0 Å². The fourth-order valence-corrected chi connectivity index (χ4v) is 11.7. The lowest BCUT2D eigenvalue weighted by Crippen LogP contribution is -1.98. The molecule has 0 saturated heterocycles. The van der Waals surface area contributed by atoms with Gasteiger partial charge in [-0.2, -0.15) is 0 Å². The summed E-state index contributed by atoms with van der Waals surface area (Å²) >= 11 is 0. The number of aromatic nitrogens is 3. The van der Waals surface area contributed by atoms with Gasteiger partial charge in [0.15, 0.2) is 0 Å². The summed E-state index contributed by atoms with van der Waals surface area (Å²) in [5.74, 6) is 0. The first-order valence-corrected chi connectivity index (χ1v) is 24.3. The van der Waals surface area contributed by atoms with Crippen LogP contribution in [0.3, 0.4) is 0 Å². The molecule has 10 aromatic carbocycles. The molecule has 15 rings (SSSR count). The summed E-state index contributed by atoms with van der Waals surface area (Å²) in [4.78, 5) is 0. The van der Waals surface area contributed by atoms with E-state index in [2.05, 4.69) is 244 Å². The van der Waals surface area contributed by atoms with E-state index >= 15 is 0 Å². The summed E-state index contributed by atoms with van der Waals surface area (Å²) in [7, 11) is 0. The SMILES string of the molecule is C1=CCCC(n2c3ccccc3c3cc(-c4ccc5c(c4)c4cc(-c6ccc7c(c6)c6ccccc6n7-c6ccccc6)ccc4n5-c4ccc(-c5cccc6c5oc5ccccc56)cc4)ccc32)=C1. The van der Waals surface area contributed by atoms with E-state index in [1.54, 1.807) is 0 Å². The summed E-state index contributed by atoms with van der Waals surface area (Å²) in [5, 5.41) is 9.75. The molecule has 328 valence electrons. The molecule has 4 heterocycles. The maximum absolute atomic E-state index is 6.48. The highest BCUT2D eigenvalue weighted by molar-refractivity contribution is 6.15. The fraction of sp³-hybridized carbons (Fsp3) is 0.0303. The predicted octanol–water partition coefficient (Wildman–Crippen LogP) is 18.1. The zero-order chi connectivity index (χ0) is 45.9. The molecule has 70 heavy (non-hydrogen) atoms. The zero-order valence-electron chi connectivity index (χ0n) is 38.2. The molecule has 4 heteroatoms. The molecule has 14 aromatic rings. The number of fused-ring (bicyclic) bond motifs is 12. The molecule has 0 atom stereocenters. The Kier molecular flexibility index (Phi) is 8.45. The Labute approximate surface area is 403 Å². The summed E-state index contributed by atoms with van der Waals surface area (Å²) in [6.45, 7) is 0. The van der Waals surface area contributed by atoms with Crippen LogP contribution in [-0.4, -0.2) is 13.7 Å². The number of rotatable bonds is 6. The van der Waals surface area contributed by atoms with Crippen molar-refractivity contribution < 1.29 is 4.42 Å². The van der Waals surface area contributed by atoms with Crippen LogP contribution in [0.25, 0.3) is 138 Å². The highest BCUT2D eigenvalue weighted by Gasteiger charge is 2.20. The minimum atomic E-state index is 0.908. The molecule has 4 nitrogen and oxygen atoms in total. The highest BCUT2D eigenvalue weighted by atomic mass is 16.3. The van der Waals surface area contributed by atoms with Gasteiger partial charge in [0.25, 0.3) is 0 Å². The van der Waals surface area contributed by atoms with Gasteiger partial charge < -0.3 is 18.1 Å². The van der Waals surface area contributed by atoms with Crippen LogP contribution >= 0.6 is 0 Å². The molecule has 0 amide bonds. The Bertz CT molecular complexity index is 4510. The van der Waals surface area contributed by atoms with E-state index in [4.69, 9.17) is 4.42 Å². The third-order valence-electron chi connectivity index (χ3n) is 14.9. The molecule has 0 saturated carbocycles. The van der Waals surface area contributed by atoms with Crippen molar-refractivity contribution in [2.24, 2.45) is 0 Å². The normalized spacial score (nSPS) is 13.1. The van der Waals surface area contributed by atoms with Crippen molar-refractivity contribution in [1.29, 1.82) is 0 Å². The quantitative estimate of drug-likeness (QED) is 0.163. The van der Waals surface area contributed by atoms with Crippen LogP contribution < -0.4 is 0 Å². The molecule has 1 aliphatic carbocycles. The smallest absolute Gasteiger partial charge is 0.143 e. The van der Waals surface area contributed by atoms with Crippen molar-refractivity contribution in [2.45, 2.75) is 12.8 Å². The van der Waals surface area contributed by atoms with Crippen molar-refractivity contribution in [3.8, 4) is 44.8 Å². The maximum Gasteiger partial charge on any atom is 0.143 e. The van der Waals surface area contributed by atoms with Crippen LogP contribution in [0.4, 0.5) is 0 Å². The van der Waals surface area contributed by atoms with Crippen molar-refractivity contribution in [2.75, 3.05) is 0 Å². The number of nitrogens with zero attached hydrogens (tertiary/aromatic N) is 3. The highest BCUT2D eigenvalue weighted by Crippen LogP contribution is 2.42. The molecule has 0 aliphatic heterocycles. The Balaban J connectivity index is 0.908. The molecule has 4 aromatic heterocycles. The van der Waals surface area contributed by atoms with E-state index in [0.29, 0.717) is 0 Å². The third kappa shape index (κ3) is 5.83. The molecule has 1 aliphatic rings. The summed E-state index contributed by atoms with van der Waals surface area (Å²) < 4.78 is 13.8. The lowest BCUT2D eigenvalue weighted by molar-refractivity contribution is 0.670. The Hall–Kier alpha value is -9.12. The minimum absolute atomic E-state index is 0.908. The monoisotopic (exact) mass is 893 g/mol. The van der Waals surface area contributed by atoms with E-state index in [1.165, 1.54) is 87.9 Å². The van der Waals surface area contributed by atoms with E-state index in [1.807, 2.05) is 6.07 Å². The second-order valence-electron chi connectivity index (χ2n) is 18.8. The molecule has 0 spiro atoms. The zero-order valence-corrected chi connectivity index (χ0v) is 38.2. The first-order valence-electron chi connectivity index (χ1n) is 24.3. The van der Waals surface area contributed by atoms with Crippen LogP contribution in [0.15, 0.2) is 241 Å². The summed E-state index contributed by atoms with van der Waals surface area (Å²) in [5.41, 5.74) is 19.7. The Morgan fingerprint density at radius 1 is 0.329 bits per heavy atom. The first kappa shape index (κ1) is 38.9. The van der Waals surface area contributed by atoms with Gasteiger partial charge in [0, 0.05) is 65.7 Å². The third-order valence-corrected chi connectivity index (χ3v) is 14.9. The average molecular weight is 894 g/mol. The van der Waals surface area contributed by atoms with Crippen molar-refractivity contribution in [3.63, 3.8) is 0 Å². The molecule has 0 bridgehead atoms. The van der Waals surface area contributed by atoms with Crippen molar-refractivity contribution in [3.05, 3.63) is 237 Å². The fourth-order valence-electron chi connectivity index (χ4n) is 11.7. The molecule has 0 N–H and O–H groups in total.